The lowest BCUT2D eigenvalue weighted by Gasteiger charge is -2.11. The lowest BCUT2D eigenvalue weighted by atomic mass is 10.1. The van der Waals surface area contributed by atoms with Gasteiger partial charge in [0.15, 0.2) is 0 Å². The third-order valence-corrected chi connectivity index (χ3v) is 5.35. The van der Waals surface area contributed by atoms with Gasteiger partial charge < -0.3 is 5.32 Å². The van der Waals surface area contributed by atoms with E-state index >= 15 is 0 Å². The van der Waals surface area contributed by atoms with E-state index in [1.54, 1.807) is 9.36 Å². The van der Waals surface area contributed by atoms with Gasteiger partial charge in [0.25, 0.3) is 0 Å². The molecule has 7 heteroatoms. The molecule has 1 unspecified atom stereocenters. The van der Waals surface area contributed by atoms with Crippen LogP contribution in [0.1, 0.15) is 23.0 Å². The molecule has 0 fully saturated rings. The third kappa shape index (κ3) is 2.32. The summed E-state index contributed by atoms with van der Waals surface area (Å²) in [5.74, 6) is 0.658. The Balaban J connectivity index is 1.78. The van der Waals surface area contributed by atoms with Gasteiger partial charge in [0.2, 0.25) is 0 Å². The van der Waals surface area contributed by atoms with Crippen molar-refractivity contribution >= 4 is 28.9 Å². The molecule has 0 amide bonds. The zero-order valence-electron chi connectivity index (χ0n) is 15.0. The highest BCUT2D eigenvalue weighted by molar-refractivity contribution is 7.71. The molecule has 3 heterocycles. The fourth-order valence-corrected chi connectivity index (χ4v) is 4.06. The average molecular weight is 384 g/mol. The Morgan fingerprint density at radius 1 is 1.07 bits per heavy atom. The molecule has 5 rings (SSSR count). The van der Waals surface area contributed by atoms with Crippen LogP contribution in [0.2, 0.25) is 0 Å². The zero-order valence-corrected chi connectivity index (χ0v) is 15.9. The van der Waals surface area contributed by atoms with Crippen molar-refractivity contribution in [3.05, 3.63) is 82.1 Å². The molecule has 0 spiro atoms. The van der Waals surface area contributed by atoms with Crippen LogP contribution in [-0.2, 0) is 0 Å². The summed E-state index contributed by atoms with van der Waals surface area (Å²) in [5.41, 5.74) is 7.36. The number of nitriles is 1. The van der Waals surface area contributed by atoms with E-state index in [4.69, 9.17) is 12.2 Å². The minimum atomic E-state index is -0.167. The topological polar surface area (TPSA) is 70.6 Å². The van der Waals surface area contributed by atoms with Gasteiger partial charge in [-0.2, -0.15) is 10.4 Å². The maximum Gasteiger partial charge on any atom is 0.148 e. The quantitative estimate of drug-likeness (QED) is 0.501. The molecule has 0 saturated carbocycles. The molecule has 1 aliphatic rings. The monoisotopic (exact) mass is 384 g/mol. The standard InChI is InChI=1S/C21H16N6S/c1-13-17-18(26(24-13)15-10-6-3-7-11-15)16(12-22)20-23-19(25-27(20)21(17)28)14-8-4-2-5-9-14/h2-11,19,23,25H,1H3. The fraction of sp³-hybridized carbons (Fsp3) is 0.0952. The van der Waals surface area contributed by atoms with Gasteiger partial charge in [-0.05, 0) is 24.6 Å². The smallest absolute Gasteiger partial charge is 0.148 e. The van der Waals surface area contributed by atoms with Crippen LogP contribution >= 0.6 is 12.2 Å². The summed E-state index contributed by atoms with van der Waals surface area (Å²) in [7, 11) is 0. The number of anilines is 1. The van der Waals surface area contributed by atoms with E-state index in [1.807, 2.05) is 67.6 Å². The Labute approximate surface area is 166 Å². The lowest BCUT2D eigenvalue weighted by molar-refractivity contribution is 0.821. The second kappa shape index (κ2) is 6.22. The highest BCUT2D eigenvalue weighted by atomic mass is 32.1. The van der Waals surface area contributed by atoms with Gasteiger partial charge in [-0.1, -0.05) is 60.7 Å². The second-order valence-corrected chi connectivity index (χ2v) is 7.04. The first kappa shape index (κ1) is 16.5. The van der Waals surface area contributed by atoms with Crippen LogP contribution in [0.25, 0.3) is 16.6 Å². The lowest BCUT2D eigenvalue weighted by Crippen LogP contribution is -2.16. The van der Waals surface area contributed by atoms with Crippen molar-refractivity contribution in [1.82, 2.24) is 14.5 Å². The van der Waals surface area contributed by atoms with Crippen LogP contribution in [-0.4, -0.2) is 14.5 Å². The van der Waals surface area contributed by atoms with Crippen molar-refractivity contribution in [2.24, 2.45) is 0 Å². The molecule has 2 aromatic heterocycles. The average Bonchev–Trinajstić information content (AvgIpc) is 3.33. The Kier molecular flexibility index (Phi) is 3.67. The number of hydrogen-bond donors (Lipinski definition) is 2. The van der Waals surface area contributed by atoms with Crippen molar-refractivity contribution in [1.29, 1.82) is 5.26 Å². The Bertz CT molecular complexity index is 1300. The highest BCUT2D eigenvalue weighted by Gasteiger charge is 2.29. The fourth-order valence-electron chi connectivity index (χ4n) is 3.67. The number of aryl methyl sites for hydroxylation is 1. The number of rotatable bonds is 2. The van der Waals surface area contributed by atoms with Gasteiger partial charge in [-0.25, -0.2) is 9.36 Å². The molecule has 2 aromatic carbocycles. The van der Waals surface area contributed by atoms with E-state index in [1.165, 1.54) is 0 Å². The van der Waals surface area contributed by atoms with Crippen LogP contribution in [0.3, 0.4) is 0 Å². The largest absolute Gasteiger partial charge is 0.344 e. The second-order valence-electron chi connectivity index (χ2n) is 6.65. The molecular weight excluding hydrogens is 368 g/mol. The van der Waals surface area contributed by atoms with E-state index in [2.05, 4.69) is 21.9 Å². The SMILES string of the molecule is Cc1nn(-c2ccccc2)c2c(C#N)c3n(c(=S)c12)NC(c1ccccc1)N3. The van der Waals surface area contributed by atoms with Gasteiger partial charge in [0, 0.05) is 0 Å². The number of nitrogens with one attached hydrogen (secondary N) is 2. The van der Waals surface area contributed by atoms with Crippen LogP contribution < -0.4 is 10.7 Å². The zero-order chi connectivity index (χ0) is 19.3. The molecule has 0 bridgehead atoms. The molecular formula is C21H16N6S. The number of benzene rings is 2. The number of para-hydroxylation sites is 1. The number of pyridine rings is 1. The van der Waals surface area contributed by atoms with Gasteiger partial charge in [-0.15, -0.1) is 0 Å². The van der Waals surface area contributed by atoms with Gasteiger partial charge in [-0.3, -0.25) is 5.43 Å². The Hall–Kier alpha value is -3.63. The first-order chi connectivity index (χ1) is 13.7. The normalized spacial score (nSPS) is 14.9. The van der Waals surface area contributed by atoms with E-state index in [9.17, 15) is 5.26 Å². The molecule has 4 aromatic rings. The van der Waals surface area contributed by atoms with E-state index < -0.39 is 0 Å². The molecule has 1 aliphatic heterocycles. The minimum Gasteiger partial charge on any atom is -0.344 e. The van der Waals surface area contributed by atoms with Crippen molar-refractivity contribution in [2.45, 2.75) is 13.1 Å². The maximum atomic E-state index is 10.0. The van der Waals surface area contributed by atoms with E-state index in [-0.39, 0.29) is 6.17 Å². The summed E-state index contributed by atoms with van der Waals surface area (Å²) in [6.45, 7) is 1.92. The van der Waals surface area contributed by atoms with Gasteiger partial charge >= 0.3 is 0 Å². The summed E-state index contributed by atoms with van der Waals surface area (Å²) in [6, 6.07) is 22.2. The molecule has 0 radical (unpaired) electrons. The maximum absolute atomic E-state index is 10.0. The van der Waals surface area contributed by atoms with Crippen LogP contribution in [0, 0.1) is 22.9 Å². The molecule has 1 atom stereocenters. The molecule has 28 heavy (non-hydrogen) atoms. The summed E-state index contributed by atoms with van der Waals surface area (Å²) < 4.78 is 4.20. The molecule has 0 saturated heterocycles. The Morgan fingerprint density at radius 2 is 1.75 bits per heavy atom. The minimum absolute atomic E-state index is 0.167. The summed E-state index contributed by atoms with van der Waals surface area (Å²) in [5, 5.41) is 18.9. The van der Waals surface area contributed by atoms with Crippen molar-refractivity contribution in [2.75, 3.05) is 10.7 Å². The van der Waals surface area contributed by atoms with Crippen molar-refractivity contribution < 1.29 is 0 Å². The number of hydrogen-bond acceptors (Lipinski definition) is 5. The number of fused-ring (bicyclic) bond motifs is 2. The Morgan fingerprint density at radius 3 is 2.43 bits per heavy atom. The summed E-state index contributed by atoms with van der Waals surface area (Å²) >= 11 is 5.78. The first-order valence-electron chi connectivity index (χ1n) is 8.91. The molecule has 0 aliphatic carbocycles. The van der Waals surface area contributed by atoms with E-state index in [0.29, 0.717) is 16.0 Å². The van der Waals surface area contributed by atoms with Crippen LogP contribution in [0.5, 0.6) is 0 Å². The van der Waals surface area contributed by atoms with Crippen LogP contribution in [0.4, 0.5) is 5.82 Å². The molecule has 2 N–H and O–H groups in total. The van der Waals surface area contributed by atoms with Gasteiger partial charge in [0.05, 0.1) is 22.3 Å². The summed E-state index contributed by atoms with van der Waals surface area (Å²) in [4.78, 5) is 0. The van der Waals surface area contributed by atoms with Gasteiger partial charge in [0.1, 0.15) is 28.3 Å². The predicted molar refractivity (Wildman–Crippen MR) is 112 cm³/mol. The first-order valence-corrected chi connectivity index (χ1v) is 9.32. The van der Waals surface area contributed by atoms with Crippen LogP contribution in [0.15, 0.2) is 60.7 Å². The van der Waals surface area contributed by atoms with Crippen molar-refractivity contribution in [3.63, 3.8) is 0 Å². The third-order valence-electron chi connectivity index (χ3n) is 4.96. The van der Waals surface area contributed by atoms with Crippen molar-refractivity contribution in [3.8, 4) is 11.8 Å². The number of aromatic nitrogens is 3. The van der Waals surface area contributed by atoms with E-state index in [0.717, 1.165) is 27.8 Å². The molecule has 136 valence electrons. The number of nitrogens with zero attached hydrogens (tertiary/aromatic N) is 4. The molecule has 6 nitrogen and oxygen atoms in total. The predicted octanol–water partition coefficient (Wildman–Crippen LogP) is 4.40. The highest BCUT2D eigenvalue weighted by Crippen LogP contribution is 2.35. The summed E-state index contributed by atoms with van der Waals surface area (Å²) in [6.07, 6.45) is -0.167.